The zero-order valence-electron chi connectivity index (χ0n) is 12.5. The summed E-state index contributed by atoms with van der Waals surface area (Å²) in [6, 6.07) is 6.63. The third-order valence-corrected chi connectivity index (χ3v) is 4.47. The molecule has 2 aromatic rings. The van der Waals surface area contributed by atoms with Crippen LogP contribution in [0.5, 0.6) is 0 Å². The number of imidazole rings is 1. The summed E-state index contributed by atoms with van der Waals surface area (Å²) in [4.78, 5) is 16.5. The van der Waals surface area contributed by atoms with E-state index in [0.29, 0.717) is 12.1 Å². The smallest absolute Gasteiger partial charge is 0.230 e. The lowest BCUT2D eigenvalue weighted by atomic mass is 9.63. The van der Waals surface area contributed by atoms with Crippen molar-refractivity contribution in [2.75, 3.05) is 6.54 Å². The van der Waals surface area contributed by atoms with Gasteiger partial charge in [-0.05, 0) is 25.3 Å². The second kappa shape index (κ2) is 6.30. The Kier molecular flexibility index (Phi) is 4.22. The highest BCUT2D eigenvalue weighted by molar-refractivity contribution is 5.89. The van der Waals surface area contributed by atoms with Gasteiger partial charge in [0.15, 0.2) is 0 Å². The molecule has 0 saturated heterocycles. The summed E-state index contributed by atoms with van der Waals surface area (Å²) in [5.74, 6) is -0.328. The number of hydrogen-bond donors (Lipinski definition) is 1. The molecule has 4 nitrogen and oxygen atoms in total. The lowest BCUT2D eigenvalue weighted by Crippen LogP contribution is -2.50. The number of nitrogens with zero attached hydrogens (tertiary/aromatic N) is 2. The van der Waals surface area contributed by atoms with Crippen LogP contribution in [0.25, 0.3) is 0 Å². The Bertz CT molecular complexity index is 635. The van der Waals surface area contributed by atoms with Gasteiger partial charge >= 0.3 is 0 Å². The molecule has 0 atom stereocenters. The van der Waals surface area contributed by atoms with Crippen LogP contribution in [0.3, 0.4) is 0 Å². The van der Waals surface area contributed by atoms with E-state index in [1.807, 2.05) is 10.8 Å². The van der Waals surface area contributed by atoms with E-state index in [1.165, 1.54) is 6.07 Å². The molecule has 3 rings (SSSR count). The monoisotopic (exact) mass is 301 g/mol. The number of aryl methyl sites for hydroxylation is 1. The lowest BCUT2D eigenvalue weighted by molar-refractivity contribution is -0.130. The van der Waals surface area contributed by atoms with E-state index in [2.05, 4.69) is 10.3 Å². The van der Waals surface area contributed by atoms with Gasteiger partial charge in [-0.25, -0.2) is 9.37 Å². The molecule has 1 N–H and O–H groups in total. The molecule has 1 aromatic carbocycles. The minimum atomic E-state index is -0.666. The molecule has 1 aliphatic carbocycles. The van der Waals surface area contributed by atoms with E-state index in [-0.39, 0.29) is 11.7 Å². The minimum absolute atomic E-state index is 0.0468. The van der Waals surface area contributed by atoms with E-state index in [1.54, 1.807) is 30.7 Å². The fourth-order valence-corrected chi connectivity index (χ4v) is 3.05. The topological polar surface area (TPSA) is 46.9 Å². The Labute approximate surface area is 129 Å². The van der Waals surface area contributed by atoms with E-state index in [9.17, 15) is 9.18 Å². The first kappa shape index (κ1) is 14.8. The number of rotatable bonds is 6. The van der Waals surface area contributed by atoms with Crippen molar-refractivity contribution in [2.45, 2.75) is 37.6 Å². The van der Waals surface area contributed by atoms with Crippen LogP contribution in [0.2, 0.25) is 0 Å². The van der Waals surface area contributed by atoms with Gasteiger partial charge in [0.2, 0.25) is 5.91 Å². The fraction of sp³-hybridized carbons (Fsp3) is 0.412. The van der Waals surface area contributed by atoms with Gasteiger partial charge in [0.25, 0.3) is 0 Å². The molecular formula is C17H20FN3O. The zero-order chi connectivity index (χ0) is 15.4. The van der Waals surface area contributed by atoms with Crippen molar-refractivity contribution in [3.8, 4) is 0 Å². The van der Waals surface area contributed by atoms with Crippen LogP contribution in [0.1, 0.15) is 31.2 Å². The van der Waals surface area contributed by atoms with Crippen molar-refractivity contribution in [2.24, 2.45) is 0 Å². The van der Waals surface area contributed by atoms with E-state index in [4.69, 9.17) is 0 Å². The van der Waals surface area contributed by atoms with E-state index >= 15 is 0 Å². The van der Waals surface area contributed by atoms with Crippen LogP contribution in [0.4, 0.5) is 4.39 Å². The molecule has 22 heavy (non-hydrogen) atoms. The molecule has 0 unspecified atom stereocenters. The molecule has 0 radical (unpaired) electrons. The number of halogens is 1. The van der Waals surface area contributed by atoms with Crippen LogP contribution in [-0.4, -0.2) is 22.0 Å². The highest BCUT2D eigenvalue weighted by Crippen LogP contribution is 2.44. The first-order valence-electron chi connectivity index (χ1n) is 7.71. The van der Waals surface area contributed by atoms with Gasteiger partial charge in [-0.2, -0.15) is 0 Å². The highest BCUT2D eigenvalue weighted by Gasteiger charge is 2.46. The molecular weight excluding hydrogens is 281 g/mol. The number of benzene rings is 1. The predicted molar refractivity (Wildman–Crippen MR) is 81.8 cm³/mol. The van der Waals surface area contributed by atoms with E-state index in [0.717, 1.165) is 32.2 Å². The van der Waals surface area contributed by atoms with Gasteiger partial charge in [-0.3, -0.25) is 4.79 Å². The lowest BCUT2D eigenvalue weighted by Gasteiger charge is -2.40. The van der Waals surface area contributed by atoms with Crippen molar-refractivity contribution in [3.05, 3.63) is 54.4 Å². The van der Waals surface area contributed by atoms with Crippen LogP contribution < -0.4 is 5.32 Å². The van der Waals surface area contributed by atoms with Crippen molar-refractivity contribution in [1.29, 1.82) is 0 Å². The summed E-state index contributed by atoms with van der Waals surface area (Å²) < 4.78 is 16.0. The average Bonchev–Trinajstić information content (AvgIpc) is 2.98. The number of carbonyl (C=O) groups excluding carboxylic acids is 1. The average molecular weight is 301 g/mol. The zero-order valence-corrected chi connectivity index (χ0v) is 12.5. The van der Waals surface area contributed by atoms with Gasteiger partial charge in [-0.15, -0.1) is 0 Å². The van der Waals surface area contributed by atoms with E-state index < -0.39 is 5.41 Å². The second-order valence-corrected chi connectivity index (χ2v) is 5.83. The molecule has 116 valence electrons. The summed E-state index contributed by atoms with van der Waals surface area (Å²) in [7, 11) is 0. The standard InChI is InChI=1S/C17H20FN3O/c18-15-6-2-1-5-14(15)17(7-3-8-17)16(22)20-9-4-11-21-12-10-19-13-21/h1-2,5-6,10,12-13H,3-4,7-9,11H2,(H,20,22). The third-order valence-electron chi connectivity index (χ3n) is 4.47. The number of carbonyl (C=O) groups is 1. The number of hydrogen-bond acceptors (Lipinski definition) is 2. The largest absolute Gasteiger partial charge is 0.355 e. The molecule has 1 saturated carbocycles. The van der Waals surface area contributed by atoms with Crippen molar-refractivity contribution in [3.63, 3.8) is 0 Å². The van der Waals surface area contributed by atoms with Crippen molar-refractivity contribution >= 4 is 5.91 Å². The maximum absolute atomic E-state index is 14.1. The Hall–Kier alpha value is -2.17. The number of aromatic nitrogens is 2. The Balaban J connectivity index is 1.59. The highest BCUT2D eigenvalue weighted by atomic mass is 19.1. The summed E-state index contributed by atoms with van der Waals surface area (Å²) in [5.41, 5.74) is -0.131. The third kappa shape index (κ3) is 2.75. The van der Waals surface area contributed by atoms with Gasteiger partial charge in [0.05, 0.1) is 11.7 Å². The SMILES string of the molecule is O=C(NCCCn1ccnc1)C1(c2ccccc2F)CCC1. The van der Waals surface area contributed by atoms with Gasteiger partial charge in [-0.1, -0.05) is 24.6 Å². The van der Waals surface area contributed by atoms with Crippen LogP contribution in [0.15, 0.2) is 43.0 Å². The normalized spacial score (nSPS) is 16.0. The van der Waals surface area contributed by atoms with Gasteiger partial charge in [0.1, 0.15) is 5.82 Å². The number of amides is 1. The molecule has 0 spiro atoms. The quantitative estimate of drug-likeness (QED) is 0.834. The second-order valence-electron chi connectivity index (χ2n) is 5.83. The molecule has 0 aliphatic heterocycles. The summed E-state index contributed by atoms with van der Waals surface area (Å²) in [6.45, 7) is 1.40. The van der Waals surface area contributed by atoms with Crippen molar-refractivity contribution < 1.29 is 9.18 Å². The molecule has 0 bridgehead atoms. The molecule has 5 heteroatoms. The fourth-order valence-electron chi connectivity index (χ4n) is 3.05. The Morgan fingerprint density at radius 2 is 2.18 bits per heavy atom. The van der Waals surface area contributed by atoms with Crippen molar-refractivity contribution in [1.82, 2.24) is 14.9 Å². The minimum Gasteiger partial charge on any atom is -0.355 e. The van der Waals surface area contributed by atoms with Gasteiger partial charge < -0.3 is 9.88 Å². The van der Waals surface area contributed by atoms with Crippen LogP contribution >= 0.6 is 0 Å². The predicted octanol–water partition coefficient (Wildman–Crippen LogP) is 2.65. The van der Waals surface area contributed by atoms with Crippen LogP contribution in [0, 0.1) is 5.82 Å². The molecule has 1 aromatic heterocycles. The van der Waals surface area contributed by atoms with Gasteiger partial charge in [0, 0.05) is 31.0 Å². The molecule has 1 heterocycles. The number of nitrogens with one attached hydrogen (secondary N) is 1. The first-order valence-corrected chi connectivity index (χ1v) is 7.71. The molecule has 1 aliphatic rings. The molecule has 1 amide bonds. The first-order chi connectivity index (χ1) is 10.7. The maximum atomic E-state index is 14.1. The Morgan fingerprint density at radius 1 is 1.36 bits per heavy atom. The summed E-state index contributed by atoms with van der Waals surface area (Å²) >= 11 is 0. The maximum Gasteiger partial charge on any atom is 0.230 e. The summed E-state index contributed by atoms with van der Waals surface area (Å²) in [6.07, 6.45) is 8.64. The molecule has 1 fully saturated rings. The Morgan fingerprint density at radius 3 is 2.82 bits per heavy atom. The summed E-state index contributed by atoms with van der Waals surface area (Å²) in [5, 5.41) is 2.97. The van der Waals surface area contributed by atoms with Crippen LogP contribution in [-0.2, 0) is 16.8 Å².